The van der Waals surface area contributed by atoms with Crippen molar-refractivity contribution in [1.82, 2.24) is 0 Å². The first-order valence-corrected chi connectivity index (χ1v) is 13.3. The van der Waals surface area contributed by atoms with Crippen LogP contribution in [0.15, 0.2) is 71.3 Å². The van der Waals surface area contributed by atoms with Gasteiger partial charge in [-0.15, -0.1) is 0 Å². The second kappa shape index (κ2) is 11.3. The third-order valence-electron chi connectivity index (χ3n) is 5.52. The molecule has 0 spiro atoms. The molecule has 3 aromatic carbocycles. The monoisotopic (exact) mass is 542 g/mol. The Balaban J connectivity index is 0.000000357. The van der Waals surface area contributed by atoms with Crippen molar-refractivity contribution in [1.29, 1.82) is 0 Å². The van der Waals surface area contributed by atoms with Crippen LogP contribution in [0.2, 0.25) is 0 Å². The van der Waals surface area contributed by atoms with Gasteiger partial charge >= 0.3 is 15.6 Å². The van der Waals surface area contributed by atoms with Gasteiger partial charge in [0.1, 0.15) is 11.9 Å². The summed E-state index contributed by atoms with van der Waals surface area (Å²) in [5.74, 6) is 0.421. The summed E-state index contributed by atoms with van der Waals surface area (Å²) in [5.41, 5.74) is 0.529. The number of benzene rings is 3. The van der Waals surface area contributed by atoms with Crippen LogP contribution in [0.3, 0.4) is 0 Å². The molecule has 4 aromatic rings. The van der Waals surface area contributed by atoms with E-state index in [1.807, 2.05) is 24.3 Å². The number of aliphatic hydroxyl groups is 2. The van der Waals surface area contributed by atoms with E-state index in [0.717, 1.165) is 16.5 Å². The van der Waals surface area contributed by atoms with Crippen LogP contribution in [0.5, 0.6) is 0 Å². The number of aliphatic hydroxyl groups excluding tert-OH is 1. The maximum atomic E-state index is 11.0. The summed E-state index contributed by atoms with van der Waals surface area (Å²) in [6.07, 6.45) is 1.65. The normalized spacial score (nSPS) is 19.3. The average molecular weight is 542 g/mol. The van der Waals surface area contributed by atoms with Crippen LogP contribution < -0.4 is 0 Å². The maximum Gasteiger partial charge on any atom is 0.466 e. The number of phosphoric acid groups is 2. The predicted molar refractivity (Wildman–Crippen MR) is 133 cm³/mol. The molecule has 1 aliphatic carbocycles. The topological polar surface area (TPSA) is 209 Å². The third-order valence-corrected chi connectivity index (χ3v) is 5.52. The Hall–Kier alpha value is -2.40. The maximum absolute atomic E-state index is 11.0. The molecule has 2 unspecified atom stereocenters. The van der Waals surface area contributed by atoms with Gasteiger partial charge in [-0.3, -0.25) is 0 Å². The van der Waals surface area contributed by atoms with Crippen molar-refractivity contribution in [3.63, 3.8) is 0 Å². The molecule has 1 aliphatic rings. The zero-order chi connectivity index (χ0) is 26.0. The number of rotatable bonds is 1. The summed E-state index contributed by atoms with van der Waals surface area (Å²) in [4.78, 5) is 43.1. The second-order valence-electron chi connectivity index (χ2n) is 7.85. The minimum absolute atomic E-state index is 0. The lowest BCUT2D eigenvalue weighted by molar-refractivity contribution is -0.108. The van der Waals surface area contributed by atoms with E-state index in [1.54, 1.807) is 12.1 Å². The smallest absolute Gasteiger partial charge is 0.466 e. The fraction of sp³-hybridized carbons (Fsp3) is 0.217. The molecule has 0 aliphatic heterocycles. The molecule has 36 heavy (non-hydrogen) atoms. The van der Waals surface area contributed by atoms with Gasteiger partial charge in [-0.25, -0.2) is 9.13 Å². The van der Waals surface area contributed by atoms with Crippen molar-refractivity contribution < 1.29 is 53.1 Å². The Morgan fingerprint density at radius 3 is 1.94 bits per heavy atom. The first-order chi connectivity index (χ1) is 16.2. The number of fused-ring (bicyclic) bond motifs is 5. The molecule has 196 valence electrons. The number of hydrogen-bond donors (Lipinski definition) is 8. The van der Waals surface area contributed by atoms with Crippen LogP contribution in [0.1, 0.15) is 36.8 Å². The molecule has 1 aromatic heterocycles. The summed E-state index contributed by atoms with van der Waals surface area (Å²) in [6, 6.07) is 20.0. The Labute approximate surface area is 206 Å². The fourth-order valence-corrected chi connectivity index (χ4v) is 4.20. The lowest BCUT2D eigenvalue weighted by atomic mass is 9.75. The molecular weight excluding hydrogens is 514 g/mol. The SMILES string of the molecule is C.O=P(O)(O)O.O=P(O)(O)O.OC1c2ccc3c(ccc4ccccc43)c2CCC1(O)c1ccco1. The van der Waals surface area contributed by atoms with Crippen molar-refractivity contribution in [3.05, 3.63) is 83.8 Å². The van der Waals surface area contributed by atoms with E-state index in [4.69, 9.17) is 42.9 Å². The zero-order valence-electron chi connectivity index (χ0n) is 18.0. The minimum Gasteiger partial charge on any atom is -0.466 e. The average Bonchev–Trinajstić information content (AvgIpc) is 3.29. The fourth-order valence-electron chi connectivity index (χ4n) is 4.20. The number of aryl methyl sites for hydroxylation is 1. The van der Waals surface area contributed by atoms with Crippen molar-refractivity contribution in [2.45, 2.75) is 32.0 Å². The van der Waals surface area contributed by atoms with Crippen LogP contribution in [-0.2, 0) is 21.2 Å². The molecule has 11 nitrogen and oxygen atoms in total. The van der Waals surface area contributed by atoms with E-state index < -0.39 is 27.4 Å². The first kappa shape index (κ1) is 29.8. The molecule has 0 fully saturated rings. The van der Waals surface area contributed by atoms with E-state index in [0.29, 0.717) is 18.6 Å². The summed E-state index contributed by atoms with van der Waals surface area (Å²) in [7, 11) is -9.28. The Kier molecular flexibility index (Phi) is 9.39. The number of hydrogen-bond acceptors (Lipinski definition) is 5. The summed E-state index contributed by atoms with van der Waals surface area (Å²) < 4.78 is 23.2. The highest BCUT2D eigenvalue weighted by Gasteiger charge is 2.44. The lowest BCUT2D eigenvalue weighted by Gasteiger charge is -2.37. The summed E-state index contributed by atoms with van der Waals surface area (Å²) in [6.45, 7) is 0. The van der Waals surface area contributed by atoms with Crippen LogP contribution >= 0.6 is 15.6 Å². The van der Waals surface area contributed by atoms with Gasteiger partial charge in [-0.1, -0.05) is 56.0 Å². The molecule has 8 N–H and O–H groups in total. The van der Waals surface area contributed by atoms with Crippen LogP contribution in [0.4, 0.5) is 0 Å². The standard InChI is InChI=1S/C22H18O3.CH4.2H3O4P/c23-21-19-10-9-16-15-5-2-1-4-14(15)7-8-17(16)18(19)11-12-22(21,24)20-6-3-13-25-20;;2*1-5(2,3)4/h1-10,13,21,23-24H,11-12H2;1H4;2*(H3,1,2,3,4). The first-order valence-electron chi connectivity index (χ1n) is 10.1. The quantitative estimate of drug-likeness (QED) is 0.129. The molecule has 13 heteroatoms. The molecule has 5 rings (SSSR count). The lowest BCUT2D eigenvalue weighted by Crippen LogP contribution is -2.37. The van der Waals surface area contributed by atoms with Gasteiger partial charge in [-0.05, 0) is 57.6 Å². The van der Waals surface area contributed by atoms with Crippen LogP contribution in [0.25, 0.3) is 21.5 Å². The molecule has 0 saturated heterocycles. The van der Waals surface area contributed by atoms with E-state index in [2.05, 4.69) is 24.3 Å². The van der Waals surface area contributed by atoms with Gasteiger partial charge in [0.2, 0.25) is 0 Å². The molecular formula is C23H28O11P2. The van der Waals surface area contributed by atoms with E-state index in [1.165, 1.54) is 22.4 Å². The molecule has 2 atom stereocenters. The largest absolute Gasteiger partial charge is 0.466 e. The van der Waals surface area contributed by atoms with Gasteiger partial charge in [0.05, 0.1) is 6.26 Å². The van der Waals surface area contributed by atoms with E-state index in [-0.39, 0.29) is 7.43 Å². The van der Waals surface area contributed by atoms with Crippen molar-refractivity contribution in [2.24, 2.45) is 0 Å². The van der Waals surface area contributed by atoms with Crippen LogP contribution in [0, 0.1) is 0 Å². The molecule has 0 saturated carbocycles. The van der Waals surface area contributed by atoms with E-state index >= 15 is 0 Å². The van der Waals surface area contributed by atoms with Crippen molar-refractivity contribution in [3.8, 4) is 0 Å². The molecule has 0 amide bonds. The van der Waals surface area contributed by atoms with E-state index in [9.17, 15) is 10.2 Å². The number of furan rings is 1. The second-order valence-corrected chi connectivity index (χ2v) is 9.90. The summed E-state index contributed by atoms with van der Waals surface area (Å²) in [5, 5.41) is 26.7. The van der Waals surface area contributed by atoms with Crippen molar-refractivity contribution in [2.75, 3.05) is 0 Å². The highest BCUT2D eigenvalue weighted by atomic mass is 31.2. The van der Waals surface area contributed by atoms with Gasteiger partial charge in [0, 0.05) is 0 Å². The van der Waals surface area contributed by atoms with Gasteiger partial charge in [0.15, 0.2) is 5.60 Å². The van der Waals surface area contributed by atoms with Gasteiger partial charge < -0.3 is 44.0 Å². The Morgan fingerprint density at radius 2 is 1.36 bits per heavy atom. The van der Waals surface area contributed by atoms with Gasteiger partial charge in [0.25, 0.3) is 0 Å². The highest BCUT2D eigenvalue weighted by molar-refractivity contribution is 7.45. The van der Waals surface area contributed by atoms with Gasteiger partial charge in [-0.2, -0.15) is 0 Å². The Morgan fingerprint density at radius 1 is 0.778 bits per heavy atom. The van der Waals surface area contributed by atoms with Crippen LogP contribution in [-0.4, -0.2) is 39.6 Å². The van der Waals surface area contributed by atoms with Crippen molar-refractivity contribution >= 4 is 37.2 Å². The summed E-state index contributed by atoms with van der Waals surface area (Å²) >= 11 is 0. The highest BCUT2D eigenvalue weighted by Crippen LogP contribution is 2.46. The minimum atomic E-state index is -4.64. The molecule has 0 radical (unpaired) electrons. The molecule has 0 bridgehead atoms. The zero-order valence-corrected chi connectivity index (χ0v) is 19.8. The predicted octanol–water partition coefficient (Wildman–Crippen LogP) is 3.23. The third kappa shape index (κ3) is 7.32. The Bertz CT molecular complexity index is 1370. The molecule has 1 heterocycles.